The maximum Gasteiger partial charge on any atom is 0.417 e. The third kappa shape index (κ3) is 2.83. The van der Waals surface area contributed by atoms with Gasteiger partial charge in [-0.2, -0.15) is 0 Å². The van der Waals surface area contributed by atoms with Crippen LogP contribution in [0.5, 0.6) is 0 Å². The number of carbonyl (C=O) groups excluding carboxylic acids is 3. The number of fused-ring (bicyclic) bond motifs is 1. The summed E-state index contributed by atoms with van der Waals surface area (Å²) in [5, 5.41) is 3.52. The molecule has 0 bridgehead atoms. The molecule has 2 aliphatic heterocycles. The highest BCUT2D eigenvalue weighted by Crippen LogP contribution is 2.30. The van der Waals surface area contributed by atoms with E-state index >= 15 is 0 Å². The van der Waals surface area contributed by atoms with Crippen LogP contribution in [0, 0.1) is 5.92 Å². The van der Waals surface area contributed by atoms with Gasteiger partial charge in [-0.3, -0.25) is 10.1 Å². The number of anilines is 1. The summed E-state index contributed by atoms with van der Waals surface area (Å²) < 4.78 is 4.68. The number of likely N-dealkylation sites (tertiary alicyclic amines) is 1. The van der Waals surface area contributed by atoms with Crippen molar-refractivity contribution in [2.24, 2.45) is 5.92 Å². The van der Waals surface area contributed by atoms with E-state index in [1.807, 2.05) is 0 Å². The van der Waals surface area contributed by atoms with Crippen molar-refractivity contribution < 1.29 is 19.1 Å². The second-order valence-corrected chi connectivity index (χ2v) is 7.44. The number of hydrogen-bond donors (Lipinski definition) is 1. The topological polar surface area (TPSA) is 91.8 Å². The van der Waals surface area contributed by atoms with Gasteiger partial charge in [-0.25, -0.2) is 19.5 Å². The molecular formula is C15H18N4O4S. The first kappa shape index (κ1) is 15.4. The second kappa shape index (κ2) is 6.04. The molecule has 0 saturated carbocycles. The van der Waals surface area contributed by atoms with Crippen LogP contribution >= 0.6 is 11.3 Å². The molecule has 0 radical (unpaired) electrons. The van der Waals surface area contributed by atoms with Crippen LogP contribution in [0.2, 0.25) is 0 Å². The number of aromatic nitrogens is 1. The number of amides is 4. The molecule has 3 aliphatic rings. The molecule has 0 aromatic carbocycles. The number of ether oxygens (including phenoxy) is 1. The third-order valence-electron chi connectivity index (χ3n) is 4.59. The molecule has 128 valence electrons. The van der Waals surface area contributed by atoms with Gasteiger partial charge in [0.05, 0.1) is 5.69 Å². The normalized spacial score (nSPS) is 20.7. The van der Waals surface area contributed by atoms with Gasteiger partial charge in [0.2, 0.25) is 0 Å². The monoisotopic (exact) mass is 350 g/mol. The van der Waals surface area contributed by atoms with Crippen molar-refractivity contribution in [3.05, 3.63) is 10.6 Å². The Bertz CT molecular complexity index is 658. The molecule has 3 heterocycles. The average Bonchev–Trinajstić information content (AvgIpc) is 3.06. The number of rotatable bonds is 3. The van der Waals surface area contributed by atoms with Crippen molar-refractivity contribution in [1.29, 1.82) is 0 Å². The van der Waals surface area contributed by atoms with E-state index in [1.54, 1.807) is 16.2 Å². The SMILES string of the molecule is O=C(Nc1nc2c(s1)CCCC2)N1CC(CN2C(=O)COC2=O)C1. The molecule has 1 aromatic heterocycles. The molecule has 2 saturated heterocycles. The van der Waals surface area contributed by atoms with Crippen molar-refractivity contribution in [1.82, 2.24) is 14.8 Å². The molecule has 4 rings (SSSR count). The van der Waals surface area contributed by atoms with E-state index in [-0.39, 0.29) is 24.5 Å². The number of aryl methyl sites for hydroxylation is 2. The summed E-state index contributed by atoms with van der Waals surface area (Å²) in [4.78, 5) is 43.7. The number of urea groups is 1. The highest BCUT2D eigenvalue weighted by molar-refractivity contribution is 7.15. The minimum atomic E-state index is -0.587. The summed E-state index contributed by atoms with van der Waals surface area (Å²) in [6.07, 6.45) is 3.81. The van der Waals surface area contributed by atoms with Gasteiger partial charge in [0.15, 0.2) is 11.7 Å². The second-order valence-electron chi connectivity index (χ2n) is 6.36. The predicted molar refractivity (Wildman–Crippen MR) is 85.9 cm³/mol. The molecule has 24 heavy (non-hydrogen) atoms. The minimum absolute atomic E-state index is 0.106. The van der Waals surface area contributed by atoms with Crippen LogP contribution in [0.1, 0.15) is 23.4 Å². The Morgan fingerprint density at radius 2 is 2.08 bits per heavy atom. The van der Waals surface area contributed by atoms with Gasteiger partial charge in [0, 0.05) is 30.4 Å². The third-order valence-corrected chi connectivity index (χ3v) is 5.66. The van der Waals surface area contributed by atoms with Crippen LogP contribution in [-0.4, -0.2) is 59.1 Å². The van der Waals surface area contributed by atoms with Gasteiger partial charge in [0.1, 0.15) is 0 Å². The summed E-state index contributed by atoms with van der Waals surface area (Å²) in [5.74, 6) is -0.203. The summed E-state index contributed by atoms with van der Waals surface area (Å²) in [5.41, 5.74) is 1.12. The van der Waals surface area contributed by atoms with Crippen LogP contribution in [0.15, 0.2) is 0 Å². The van der Waals surface area contributed by atoms with Gasteiger partial charge in [-0.15, -0.1) is 11.3 Å². The van der Waals surface area contributed by atoms with E-state index in [0.717, 1.165) is 29.9 Å². The largest absolute Gasteiger partial charge is 0.439 e. The van der Waals surface area contributed by atoms with Crippen LogP contribution in [0.4, 0.5) is 14.7 Å². The van der Waals surface area contributed by atoms with E-state index in [4.69, 9.17) is 0 Å². The molecular weight excluding hydrogens is 332 g/mol. The fourth-order valence-corrected chi connectivity index (χ4v) is 4.28. The van der Waals surface area contributed by atoms with Crippen molar-refractivity contribution in [2.75, 3.05) is 31.6 Å². The zero-order valence-electron chi connectivity index (χ0n) is 13.1. The fraction of sp³-hybridized carbons (Fsp3) is 0.600. The molecule has 8 nitrogen and oxygen atoms in total. The van der Waals surface area contributed by atoms with Gasteiger partial charge < -0.3 is 9.64 Å². The Kier molecular flexibility index (Phi) is 3.87. The smallest absolute Gasteiger partial charge is 0.417 e. The molecule has 1 aliphatic carbocycles. The first-order valence-corrected chi connectivity index (χ1v) is 8.93. The molecule has 4 amide bonds. The van der Waals surface area contributed by atoms with Crippen molar-refractivity contribution in [3.8, 4) is 0 Å². The summed E-state index contributed by atoms with van der Waals surface area (Å²) >= 11 is 1.56. The van der Waals surface area contributed by atoms with Crippen molar-refractivity contribution in [2.45, 2.75) is 25.7 Å². The molecule has 0 spiro atoms. The summed E-state index contributed by atoms with van der Waals surface area (Å²) in [7, 11) is 0. The Balaban J connectivity index is 1.27. The quantitative estimate of drug-likeness (QED) is 0.891. The van der Waals surface area contributed by atoms with Crippen LogP contribution in [-0.2, 0) is 22.4 Å². The van der Waals surface area contributed by atoms with Gasteiger partial charge >= 0.3 is 12.1 Å². The van der Waals surface area contributed by atoms with Gasteiger partial charge in [-0.05, 0) is 25.7 Å². The Labute approximate surface area is 142 Å². The zero-order valence-corrected chi connectivity index (χ0v) is 13.9. The first-order chi connectivity index (χ1) is 11.6. The van der Waals surface area contributed by atoms with E-state index in [2.05, 4.69) is 15.0 Å². The van der Waals surface area contributed by atoms with E-state index < -0.39 is 6.09 Å². The summed E-state index contributed by atoms with van der Waals surface area (Å²) in [6, 6.07) is -0.173. The molecule has 1 N–H and O–H groups in total. The maximum atomic E-state index is 12.2. The van der Waals surface area contributed by atoms with Crippen LogP contribution in [0.25, 0.3) is 0 Å². The van der Waals surface area contributed by atoms with E-state index in [1.165, 1.54) is 11.3 Å². The lowest BCUT2D eigenvalue weighted by Crippen LogP contribution is -2.55. The first-order valence-electron chi connectivity index (χ1n) is 8.12. The lowest BCUT2D eigenvalue weighted by Gasteiger charge is -2.39. The summed E-state index contributed by atoms with van der Waals surface area (Å²) in [6.45, 7) is 1.18. The average molecular weight is 350 g/mol. The van der Waals surface area contributed by atoms with Gasteiger partial charge in [-0.1, -0.05) is 0 Å². The maximum absolute atomic E-state index is 12.2. The molecule has 0 atom stereocenters. The molecule has 9 heteroatoms. The fourth-order valence-electron chi connectivity index (χ4n) is 3.24. The van der Waals surface area contributed by atoms with Gasteiger partial charge in [0.25, 0.3) is 5.91 Å². The van der Waals surface area contributed by atoms with Crippen molar-refractivity contribution >= 4 is 34.5 Å². The lowest BCUT2D eigenvalue weighted by molar-refractivity contribution is -0.126. The number of imide groups is 1. The number of nitrogens with zero attached hydrogens (tertiary/aromatic N) is 3. The van der Waals surface area contributed by atoms with E-state index in [9.17, 15) is 14.4 Å². The molecule has 1 aromatic rings. The Morgan fingerprint density at radius 1 is 1.29 bits per heavy atom. The Morgan fingerprint density at radius 3 is 2.79 bits per heavy atom. The number of hydrogen-bond acceptors (Lipinski definition) is 6. The highest BCUT2D eigenvalue weighted by Gasteiger charge is 2.38. The van der Waals surface area contributed by atoms with E-state index in [0.29, 0.717) is 24.8 Å². The number of thiazole rings is 1. The van der Waals surface area contributed by atoms with Crippen LogP contribution < -0.4 is 5.32 Å². The van der Waals surface area contributed by atoms with Crippen molar-refractivity contribution in [3.63, 3.8) is 0 Å². The number of cyclic esters (lactones) is 1. The standard InChI is InChI=1S/C15H18N4O4S/c20-12-8-23-15(22)19(12)7-9-5-18(6-9)14(21)17-13-16-10-3-1-2-4-11(10)24-13/h9H,1-8H2,(H,16,17,21). The highest BCUT2D eigenvalue weighted by atomic mass is 32.1. The minimum Gasteiger partial charge on any atom is -0.439 e. The predicted octanol–water partition coefficient (Wildman–Crippen LogP) is 1.46. The number of carbonyl (C=O) groups is 3. The lowest BCUT2D eigenvalue weighted by atomic mass is 10.0. The number of nitrogens with one attached hydrogen (secondary N) is 1. The molecule has 2 fully saturated rings. The zero-order chi connectivity index (χ0) is 16.7. The molecule has 0 unspecified atom stereocenters. The van der Waals surface area contributed by atoms with Crippen LogP contribution in [0.3, 0.4) is 0 Å². The Hall–Kier alpha value is -2.16.